The third-order valence-electron chi connectivity index (χ3n) is 4.48. The summed E-state index contributed by atoms with van der Waals surface area (Å²) in [6, 6.07) is 5.59. The molecule has 1 saturated heterocycles. The zero-order valence-corrected chi connectivity index (χ0v) is 11.1. The predicted octanol–water partition coefficient (Wildman–Crippen LogP) is 2.26. The summed E-state index contributed by atoms with van der Waals surface area (Å²) in [5.74, 6) is 0.798. The molecule has 1 aromatic rings. The van der Waals surface area contributed by atoms with Crippen molar-refractivity contribution < 1.29 is 4.79 Å². The van der Waals surface area contributed by atoms with Crippen molar-refractivity contribution in [3.8, 4) is 0 Å². The van der Waals surface area contributed by atoms with E-state index in [1.165, 1.54) is 19.3 Å². The first kappa shape index (κ1) is 12.3. The molecule has 1 amide bonds. The number of benzene rings is 1. The first-order valence-electron chi connectivity index (χ1n) is 7.12. The maximum atomic E-state index is 12.7. The molecule has 0 bridgehead atoms. The van der Waals surface area contributed by atoms with Gasteiger partial charge in [0.25, 0.3) is 5.91 Å². The molecule has 1 heterocycles. The van der Waals surface area contributed by atoms with Crippen LogP contribution >= 0.6 is 0 Å². The number of nitrogen functional groups attached to an aromatic ring is 2. The number of anilines is 2. The summed E-state index contributed by atoms with van der Waals surface area (Å²) >= 11 is 0. The van der Waals surface area contributed by atoms with Crippen LogP contribution in [0.1, 0.15) is 42.5 Å². The number of amides is 1. The van der Waals surface area contributed by atoms with Gasteiger partial charge in [-0.2, -0.15) is 0 Å². The van der Waals surface area contributed by atoms with E-state index in [0.717, 1.165) is 19.4 Å². The van der Waals surface area contributed by atoms with Crippen molar-refractivity contribution >= 4 is 17.3 Å². The first-order valence-corrected chi connectivity index (χ1v) is 7.12. The van der Waals surface area contributed by atoms with Crippen LogP contribution in [0.3, 0.4) is 0 Å². The van der Waals surface area contributed by atoms with E-state index in [1.807, 2.05) is 0 Å². The smallest absolute Gasteiger partial charge is 0.254 e. The monoisotopic (exact) mass is 259 g/mol. The summed E-state index contributed by atoms with van der Waals surface area (Å²) in [6.07, 6.45) is 6.05. The van der Waals surface area contributed by atoms with Crippen molar-refractivity contribution in [2.45, 2.75) is 38.1 Å². The van der Waals surface area contributed by atoms with E-state index in [4.69, 9.17) is 11.5 Å². The molecule has 4 nitrogen and oxygen atoms in total. The van der Waals surface area contributed by atoms with Crippen molar-refractivity contribution in [3.63, 3.8) is 0 Å². The van der Waals surface area contributed by atoms with Gasteiger partial charge in [0.15, 0.2) is 0 Å². The third kappa shape index (κ3) is 2.27. The molecular formula is C15H21N3O. The molecule has 4 N–H and O–H groups in total. The van der Waals surface area contributed by atoms with Gasteiger partial charge in [0.2, 0.25) is 0 Å². The van der Waals surface area contributed by atoms with Crippen LogP contribution in [-0.4, -0.2) is 23.4 Å². The highest BCUT2D eigenvalue weighted by Crippen LogP contribution is 2.37. The molecule has 2 aliphatic rings. The van der Waals surface area contributed by atoms with E-state index >= 15 is 0 Å². The first-order chi connectivity index (χ1) is 9.15. The summed E-state index contributed by atoms with van der Waals surface area (Å²) in [5.41, 5.74) is 13.3. The van der Waals surface area contributed by atoms with Crippen LogP contribution in [0.2, 0.25) is 0 Å². The van der Waals surface area contributed by atoms with Gasteiger partial charge in [0, 0.05) is 29.5 Å². The van der Waals surface area contributed by atoms with Gasteiger partial charge >= 0.3 is 0 Å². The van der Waals surface area contributed by atoms with Gasteiger partial charge in [0.05, 0.1) is 0 Å². The lowest BCUT2D eigenvalue weighted by molar-refractivity contribution is 0.0548. The molecule has 19 heavy (non-hydrogen) atoms. The quantitative estimate of drug-likeness (QED) is 0.760. The molecule has 2 atom stereocenters. The van der Waals surface area contributed by atoms with Gasteiger partial charge in [-0.1, -0.05) is 6.42 Å². The molecule has 102 valence electrons. The summed E-state index contributed by atoms with van der Waals surface area (Å²) in [6.45, 7) is 0.870. The largest absolute Gasteiger partial charge is 0.399 e. The number of fused-ring (bicyclic) bond motifs is 1. The van der Waals surface area contributed by atoms with Gasteiger partial charge in [-0.05, 0) is 49.8 Å². The Hall–Kier alpha value is -1.71. The molecular weight excluding hydrogens is 238 g/mol. The molecule has 1 aromatic carbocycles. The lowest BCUT2D eigenvalue weighted by Crippen LogP contribution is -2.46. The van der Waals surface area contributed by atoms with Crippen molar-refractivity contribution in [1.82, 2.24) is 4.90 Å². The second-order valence-corrected chi connectivity index (χ2v) is 5.79. The highest BCUT2D eigenvalue weighted by Gasteiger charge is 2.37. The predicted molar refractivity (Wildman–Crippen MR) is 76.7 cm³/mol. The fourth-order valence-electron chi connectivity index (χ4n) is 3.67. The molecule has 1 aliphatic heterocycles. The molecule has 1 saturated carbocycles. The van der Waals surface area contributed by atoms with Gasteiger partial charge in [-0.15, -0.1) is 0 Å². The minimum Gasteiger partial charge on any atom is -0.399 e. The van der Waals surface area contributed by atoms with E-state index in [-0.39, 0.29) is 5.91 Å². The third-order valence-corrected chi connectivity index (χ3v) is 4.48. The average molecular weight is 259 g/mol. The fraction of sp³-hybridized carbons (Fsp3) is 0.533. The van der Waals surface area contributed by atoms with Crippen molar-refractivity contribution in [2.75, 3.05) is 18.0 Å². The van der Waals surface area contributed by atoms with Gasteiger partial charge < -0.3 is 16.4 Å². The Morgan fingerprint density at radius 2 is 1.74 bits per heavy atom. The van der Waals surface area contributed by atoms with E-state index in [2.05, 4.69) is 4.90 Å². The number of rotatable bonds is 1. The Labute approximate surface area is 113 Å². The number of likely N-dealkylation sites (tertiary alicyclic amines) is 1. The SMILES string of the molecule is Nc1cc(N)cc(C(=O)N2CCCC3CCCC32)c1. The Morgan fingerprint density at radius 3 is 2.47 bits per heavy atom. The van der Waals surface area contributed by atoms with Crippen molar-refractivity contribution in [3.05, 3.63) is 23.8 Å². The second-order valence-electron chi connectivity index (χ2n) is 5.79. The fourth-order valence-corrected chi connectivity index (χ4v) is 3.67. The molecule has 0 radical (unpaired) electrons. The maximum Gasteiger partial charge on any atom is 0.254 e. The van der Waals surface area contributed by atoms with Crippen molar-refractivity contribution in [2.24, 2.45) is 5.92 Å². The summed E-state index contributed by atoms with van der Waals surface area (Å²) in [4.78, 5) is 14.7. The number of carbonyl (C=O) groups is 1. The number of piperidine rings is 1. The number of nitrogens with two attached hydrogens (primary N) is 2. The molecule has 0 aromatic heterocycles. The highest BCUT2D eigenvalue weighted by molar-refractivity contribution is 5.96. The lowest BCUT2D eigenvalue weighted by atomic mass is 9.91. The summed E-state index contributed by atoms with van der Waals surface area (Å²) in [7, 11) is 0. The Morgan fingerprint density at radius 1 is 1.05 bits per heavy atom. The summed E-state index contributed by atoms with van der Waals surface area (Å²) < 4.78 is 0. The van der Waals surface area contributed by atoms with Crippen LogP contribution in [0.15, 0.2) is 18.2 Å². The lowest BCUT2D eigenvalue weighted by Gasteiger charge is -2.38. The molecule has 3 rings (SSSR count). The molecule has 2 fully saturated rings. The van der Waals surface area contributed by atoms with E-state index in [1.54, 1.807) is 18.2 Å². The second kappa shape index (κ2) is 4.76. The molecule has 0 spiro atoms. The summed E-state index contributed by atoms with van der Waals surface area (Å²) in [5, 5.41) is 0. The molecule has 1 aliphatic carbocycles. The number of hydrogen-bond donors (Lipinski definition) is 2. The molecule has 2 unspecified atom stereocenters. The number of nitrogens with zero attached hydrogens (tertiary/aromatic N) is 1. The van der Waals surface area contributed by atoms with Crippen molar-refractivity contribution in [1.29, 1.82) is 0 Å². The average Bonchev–Trinajstić information content (AvgIpc) is 2.84. The van der Waals surface area contributed by atoms with Crippen LogP contribution < -0.4 is 11.5 Å². The highest BCUT2D eigenvalue weighted by atomic mass is 16.2. The standard InChI is InChI=1S/C15H21N3O/c16-12-7-11(8-13(17)9-12)15(19)18-6-2-4-10-3-1-5-14(10)18/h7-10,14H,1-6,16-17H2. The van der Waals surface area contributed by atoms with Gasteiger partial charge in [-0.25, -0.2) is 0 Å². The zero-order chi connectivity index (χ0) is 13.4. The minimum absolute atomic E-state index is 0.0931. The van der Waals surface area contributed by atoms with Crippen LogP contribution in [0.4, 0.5) is 11.4 Å². The zero-order valence-electron chi connectivity index (χ0n) is 11.1. The molecule has 4 heteroatoms. The normalized spacial score (nSPS) is 26.2. The number of carbonyl (C=O) groups excluding carboxylic acids is 1. The minimum atomic E-state index is 0.0931. The van der Waals surface area contributed by atoms with E-state index in [9.17, 15) is 4.79 Å². The Kier molecular flexibility index (Phi) is 3.09. The Bertz CT molecular complexity index is 480. The van der Waals surface area contributed by atoms with Gasteiger partial charge in [0.1, 0.15) is 0 Å². The van der Waals surface area contributed by atoms with Crippen LogP contribution in [0.5, 0.6) is 0 Å². The topological polar surface area (TPSA) is 72.3 Å². The van der Waals surface area contributed by atoms with E-state index in [0.29, 0.717) is 28.9 Å². The number of hydrogen-bond acceptors (Lipinski definition) is 3. The van der Waals surface area contributed by atoms with Crippen LogP contribution in [0, 0.1) is 5.92 Å². The van der Waals surface area contributed by atoms with E-state index < -0.39 is 0 Å². The van der Waals surface area contributed by atoms with Crippen LogP contribution in [-0.2, 0) is 0 Å². The van der Waals surface area contributed by atoms with Gasteiger partial charge in [-0.3, -0.25) is 4.79 Å². The Balaban J connectivity index is 1.86. The maximum absolute atomic E-state index is 12.7. The van der Waals surface area contributed by atoms with Crippen LogP contribution in [0.25, 0.3) is 0 Å².